The first-order valence-electron chi connectivity index (χ1n) is 5.43. The number of halogens is 2. The van der Waals surface area contributed by atoms with Crippen LogP contribution in [-0.4, -0.2) is 8.42 Å². The summed E-state index contributed by atoms with van der Waals surface area (Å²) >= 11 is 3.17. The SMILES string of the molecule is Cc1ccc(S(=O)(=O)Nc2cc(Br)ccc2F)cc1. The van der Waals surface area contributed by atoms with Crippen LogP contribution in [0.3, 0.4) is 0 Å². The minimum Gasteiger partial charge on any atom is -0.277 e. The van der Waals surface area contributed by atoms with Crippen molar-refractivity contribution in [3.05, 3.63) is 58.3 Å². The van der Waals surface area contributed by atoms with Gasteiger partial charge in [0.15, 0.2) is 0 Å². The molecule has 2 aromatic rings. The van der Waals surface area contributed by atoms with Gasteiger partial charge in [0.2, 0.25) is 0 Å². The van der Waals surface area contributed by atoms with E-state index in [4.69, 9.17) is 0 Å². The molecule has 19 heavy (non-hydrogen) atoms. The van der Waals surface area contributed by atoms with Crippen LogP contribution >= 0.6 is 15.9 Å². The lowest BCUT2D eigenvalue weighted by Gasteiger charge is -2.09. The van der Waals surface area contributed by atoms with Gasteiger partial charge >= 0.3 is 0 Å². The first-order chi connectivity index (χ1) is 8.88. The van der Waals surface area contributed by atoms with E-state index in [9.17, 15) is 12.8 Å². The van der Waals surface area contributed by atoms with E-state index >= 15 is 0 Å². The van der Waals surface area contributed by atoms with E-state index in [1.165, 1.54) is 30.3 Å². The Bertz CT molecular complexity index is 699. The van der Waals surface area contributed by atoms with Gasteiger partial charge < -0.3 is 0 Å². The van der Waals surface area contributed by atoms with Crippen LogP contribution in [0.4, 0.5) is 10.1 Å². The van der Waals surface area contributed by atoms with E-state index < -0.39 is 15.8 Å². The quantitative estimate of drug-likeness (QED) is 0.923. The smallest absolute Gasteiger partial charge is 0.261 e. The summed E-state index contributed by atoms with van der Waals surface area (Å²) < 4.78 is 40.5. The Labute approximate surface area is 119 Å². The molecular weight excluding hydrogens is 333 g/mol. The third-order valence-electron chi connectivity index (χ3n) is 2.50. The largest absolute Gasteiger partial charge is 0.277 e. The van der Waals surface area contributed by atoms with Crippen molar-refractivity contribution in [1.29, 1.82) is 0 Å². The lowest BCUT2D eigenvalue weighted by molar-refractivity contribution is 0.598. The van der Waals surface area contributed by atoms with Crippen molar-refractivity contribution in [2.24, 2.45) is 0 Å². The topological polar surface area (TPSA) is 46.2 Å². The lowest BCUT2D eigenvalue weighted by Crippen LogP contribution is -2.13. The van der Waals surface area contributed by atoms with Crippen LogP contribution in [-0.2, 0) is 10.0 Å². The average Bonchev–Trinajstić information content (AvgIpc) is 2.34. The second-order valence-electron chi connectivity index (χ2n) is 4.04. The van der Waals surface area contributed by atoms with Crippen molar-refractivity contribution < 1.29 is 12.8 Å². The summed E-state index contributed by atoms with van der Waals surface area (Å²) in [5, 5.41) is 0. The zero-order valence-electron chi connectivity index (χ0n) is 10.0. The Balaban J connectivity index is 2.36. The summed E-state index contributed by atoms with van der Waals surface area (Å²) in [6, 6.07) is 10.4. The van der Waals surface area contributed by atoms with Crippen molar-refractivity contribution in [2.45, 2.75) is 11.8 Å². The molecule has 0 atom stereocenters. The second-order valence-corrected chi connectivity index (χ2v) is 6.64. The fourth-order valence-electron chi connectivity index (χ4n) is 1.50. The molecule has 6 heteroatoms. The predicted molar refractivity (Wildman–Crippen MR) is 76.1 cm³/mol. The molecule has 1 N–H and O–H groups in total. The van der Waals surface area contributed by atoms with Crippen LogP contribution in [0.2, 0.25) is 0 Å². The van der Waals surface area contributed by atoms with E-state index in [1.807, 2.05) is 6.92 Å². The molecule has 2 rings (SSSR count). The molecular formula is C13H11BrFNO2S. The van der Waals surface area contributed by atoms with Gasteiger partial charge in [0, 0.05) is 4.47 Å². The van der Waals surface area contributed by atoms with E-state index in [-0.39, 0.29) is 10.6 Å². The van der Waals surface area contributed by atoms with Gasteiger partial charge in [-0.25, -0.2) is 12.8 Å². The Kier molecular flexibility index (Phi) is 3.91. The van der Waals surface area contributed by atoms with Gasteiger partial charge in [0.25, 0.3) is 10.0 Å². The Morgan fingerprint density at radius 1 is 1.11 bits per heavy atom. The summed E-state index contributed by atoms with van der Waals surface area (Å²) in [5.41, 5.74) is 0.863. The number of aryl methyl sites for hydroxylation is 1. The van der Waals surface area contributed by atoms with Crippen molar-refractivity contribution in [1.82, 2.24) is 0 Å². The molecule has 0 radical (unpaired) electrons. The molecule has 0 saturated heterocycles. The van der Waals surface area contributed by atoms with Crippen molar-refractivity contribution in [2.75, 3.05) is 4.72 Å². The molecule has 3 nitrogen and oxygen atoms in total. The molecule has 0 aliphatic carbocycles. The number of anilines is 1. The third-order valence-corrected chi connectivity index (χ3v) is 4.38. The van der Waals surface area contributed by atoms with Crippen molar-refractivity contribution in [3.63, 3.8) is 0 Å². The lowest BCUT2D eigenvalue weighted by atomic mass is 10.2. The maximum atomic E-state index is 13.5. The van der Waals surface area contributed by atoms with Gasteiger partial charge in [0.05, 0.1) is 10.6 Å². The molecule has 100 valence electrons. The number of hydrogen-bond acceptors (Lipinski definition) is 2. The van der Waals surface area contributed by atoms with Gasteiger partial charge in [-0.3, -0.25) is 4.72 Å². The third kappa shape index (κ3) is 3.33. The molecule has 0 unspecified atom stereocenters. The maximum absolute atomic E-state index is 13.5. The van der Waals surface area contributed by atoms with Gasteiger partial charge in [-0.15, -0.1) is 0 Å². The van der Waals surface area contributed by atoms with E-state index in [0.717, 1.165) is 5.56 Å². The van der Waals surface area contributed by atoms with Crippen LogP contribution in [0.15, 0.2) is 51.8 Å². The van der Waals surface area contributed by atoms with Gasteiger partial charge in [-0.2, -0.15) is 0 Å². The van der Waals surface area contributed by atoms with Crippen molar-refractivity contribution in [3.8, 4) is 0 Å². The minimum absolute atomic E-state index is 0.0880. The number of rotatable bonds is 3. The van der Waals surface area contributed by atoms with E-state index in [2.05, 4.69) is 20.7 Å². The molecule has 0 aliphatic heterocycles. The van der Waals surface area contributed by atoms with Crippen molar-refractivity contribution >= 4 is 31.6 Å². The Morgan fingerprint density at radius 2 is 1.74 bits per heavy atom. The van der Waals surface area contributed by atoms with Gasteiger partial charge in [0.1, 0.15) is 5.82 Å². The highest BCUT2D eigenvalue weighted by atomic mass is 79.9. The first kappa shape index (κ1) is 14.0. The summed E-state index contributed by atoms with van der Waals surface area (Å²) in [6.07, 6.45) is 0. The normalized spacial score (nSPS) is 11.3. The second kappa shape index (κ2) is 5.30. The zero-order valence-corrected chi connectivity index (χ0v) is 12.4. The average molecular weight is 344 g/mol. The van der Waals surface area contributed by atoms with Crippen LogP contribution in [0, 0.1) is 12.7 Å². The van der Waals surface area contributed by atoms with E-state index in [0.29, 0.717) is 4.47 Å². The number of hydrogen-bond donors (Lipinski definition) is 1. The molecule has 2 aromatic carbocycles. The number of benzene rings is 2. The first-order valence-corrected chi connectivity index (χ1v) is 7.71. The number of sulfonamides is 1. The van der Waals surface area contributed by atoms with Gasteiger partial charge in [-0.1, -0.05) is 33.6 Å². The summed E-state index contributed by atoms with van der Waals surface area (Å²) in [5.74, 6) is -0.626. The van der Waals surface area contributed by atoms with Crippen LogP contribution in [0.1, 0.15) is 5.56 Å². The Hall–Kier alpha value is -1.40. The number of nitrogens with one attached hydrogen (secondary N) is 1. The van der Waals surface area contributed by atoms with E-state index in [1.54, 1.807) is 12.1 Å². The fraction of sp³-hybridized carbons (Fsp3) is 0.0769. The van der Waals surface area contributed by atoms with Crippen LogP contribution in [0.25, 0.3) is 0 Å². The summed E-state index contributed by atoms with van der Waals surface area (Å²) in [7, 11) is -3.78. The van der Waals surface area contributed by atoms with Crippen LogP contribution in [0.5, 0.6) is 0 Å². The zero-order chi connectivity index (χ0) is 14.0. The molecule has 0 aliphatic rings. The monoisotopic (exact) mass is 343 g/mol. The molecule has 0 fully saturated rings. The fourth-order valence-corrected chi connectivity index (χ4v) is 2.92. The minimum atomic E-state index is -3.78. The standard InChI is InChI=1S/C13H11BrFNO2S/c1-9-2-5-11(6-3-9)19(17,18)16-13-8-10(14)4-7-12(13)15/h2-8,16H,1H3. The molecule has 0 spiro atoms. The maximum Gasteiger partial charge on any atom is 0.261 e. The highest BCUT2D eigenvalue weighted by Crippen LogP contribution is 2.23. The highest BCUT2D eigenvalue weighted by Gasteiger charge is 2.16. The highest BCUT2D eigenvalue weighted by molar-refractivity contribution is 9.10. The van der Waals surface area contributed by atoms with Gasteiger partial charge in [-0.05, 0) is 37.3 Å². The van der Waals surface area contributed by atoms with Crippen LogP contribution < -0.4 is 4.72 Å². The predicted octanol–water partition coefficient (Wildman–Crippen LogP) is 3.70. The summed E-state index contributed by atoms with van der Waals surface area (Å²) in [4.78, 5) is 0.0949. The molecule has 0 saturated carbocycles. The molecule has 0 amide bonds. The molecule has 0 aromatic heterocycles. The summed E-state index contributed by atoms with van der Waals surface area (Å²) in [6.45, 7) is 1.86. The molecule has 0 bridgehead atoms. The molecule has 0 heterocycles. The Morgan fingerprint density at radius 3 is 2.37 bits per heavy atom.